The van der Waals surface area contributed by atoms with Crippen molar-refractivity contribution in [1.82, 2.24) is 5.32 Å². The van der Waals surface area contributed by atoms with Gasteiger partial charge in [-0.15, -0.1) is 0 Å². The fraction of sp³-hybridized carbons (Fsp3) is 0.929. The molecule has 0 heterocycles. The summed E-state index contributed by atoms with van der Waals surface area (Å²) in [6, 6.07) is 0.0918. The lowest BCUT2D eigenvalue weighted by Crippen LogP contribution is -2.44. The van der Waals surface area contributed by atoms with Crippen molar-refractivity contribution in [3.05, 3.63) is 0 Å². The van der Waals surface area contributed by atoms with Gasteiger partial charge in [0, 0.05) is 12.6 Å². The van der Waals surface area contributed by atoms with Gasteiger partial charge in [0.05, 0.1) is 6.10 Å². The van der Waals surface area contributed by atoms with E-state index in [4.69, 9.17) is 10.5 Å². The van der Waals surface area contributed by atoms with Crippen LogP contribution in [0.3, 0.4) is 0 Å². The van der Waals surface area contributed by atoms with Crippen molar-refractivity contribution in [3.8, 4) is 0 Å². The molecule has 1 fully saturated rings. The van der Waals surface area contributed by atoms with E-state index in [2.05, 4.69) is 12.2 Å². The molecule has 3 atom stereocenters. The van der Waals surface area contributed by atoms with Gasteiger partial charge in [0.1, 0.15) is 6.10 Å². The standard InChI is InChI=1S/C14H28N2O2/c1-3-4-7-10-16-14(17)11(2)18-13-9-6-5-8-12(13)15/h11-13H,3-10,15H2,1-2H3,(H,16,17). The molecule has 0 spiro atoms. The summed E-state index contributed by atoms with van der Waals surface area (Å²) < 4.78 is 5.79. The van der Waals surface area contributed by atoms with E-state index in [1.54, 1.807) is 0 Å². The third-order valence-corrected chi connectivity index (χ3v) is 3.58. The number of hydrogen-bond acceptors (Lipinski definition) is 3. The van der Waals surface area contributed by atoms with Crippen LogP contribution in [-0.4, -0.2) is 30.7 Å². The molecule has 0 saturated heterocycles. The number of nitrogens with two attached hydrogens (primary N) is 1. The monoisotopic (exact) mass is 256 g/mol. The number of nitrogens with one attached hydrogen (secondary N) is 1. The Morgan fingerprint density at radius 2 is 2.11 bits per heavy atom. The Kier molecular flexibility index (Phi) is 7.28. The highest BCUT2D eigenvalue weighted by Crippen LogP contribution is 2.20. The van der Waals surface area contributed by atoms with Crippen LogP contribution in [0.4, 0.5) is 0 Å². The van der Waals surface area contributed by atoms with Crippen LogP contribution in [0.2, 0.25) is 0 Å². The van der Waals surface area contributed by atoms with Gasteiger partial charge in [0.25, 0.3) is 0 Å². The highest BCUT2D eigenvalue weighted by molar-refractivity contribution is 5.80. The quantitative estimate of drug-likeness (QED) is 0.684. The molecule has 1 amide bonds. The normalized spacial score (nSPS) is 25.7. The minimum absolute atomic E-state index is 0.0103. The molecule has 0 aromatic rings. The second-order valence-electron chi connectivity index (χ2n) is 5.26. The molecule has 1 saturated carbocycles. The summed E-state index contributed by atoms with van der Waals surface area (Å²) >= 11 is 0. The summed E-state index contributed by atoms with van der Waals surface area (Å²) in [5.74, 6) is -0.0103. The maximum absolute atomic E-state index is 11.8. The SMILES string of the molecule is CCCCCNC(=O)C(C)OC1CCCCC1N. The van der Waals surface area contributed by atoms with E-state index in [1.165, 1.54) is 12.8 Å². The predicted molar refractivity (Wildman–Crippen MR) is 73.3 cm³/mol. The molecule has 0 aliphatic heterocycles. The Balaban J connectivity index is 2.21. The minimum Gasteiger partial charge on any atom is -0.364 e. The molecule has 106 valence electrons. The molecule has 3 N–H and O–H groups in total. The second kappa shape index (κ2) is 8.48. The molecule has 0 radical (unpaired) electrons. The molecule has 0 aromatic carbocycles. The molecule has 0 bridgehead atoms. The van der Waals surface area contributed by atoms with E-state index in [-0.39, 0.29) is 24.2 Å². The highest BCUT2D eigenvalue weighted by Gasteiger charge is 2.26. The minimum atomic E-state index is -0.388. The van der Waals surface area contributed by atoms with Crippen molar-refractivity contribution in [3.63, 3.8) is 0 Å². The number of amides is 1. The van der Waals surface area contributed by atoms with Crippen molar-refractivity contribution < 1.29 is 9.53 Å². The van der Waals surface area contributed by atoms with Crippen LogP contribution in [-0.2, 0) is 9.53 Å². The lowest BCUT2D eigenvalue weighted by atomic mass is 9.93. The van der Waals surface area contributed by atoms with Crippen LogP contribution in [0.1, 0.15) is 58.8 Å². The van der Waals surface area contributed by atoms with Crippen molar-refractivity contribution in [2.24, 2.45) is 5.73 Å². The van der Waals surface area contributed by atoms with Gasteiger partial charge in [-0.2, -0.15) is 0 Å². The van der Waals surface area contributed by atoms with Crippen molar-refractivity contribution >= 4 is 5.91 Å². The number of ether oxygens (including phenoxy) is 1. The largest absolute Gasteiger partial charge is 0.364 e. The fourth-order valence-electron chi connectivity index (χ4n) is 2.35. The van der Waals surface area contributed by atoms with Gasteiger partial charge in [-0.05, 0) is 26.2 Å². The third kappa shape index (κ3) is 5.36. The van der Waals surface area contributed by atoms with E-state index in [1.807, 2.05) is 6.92 Å². The van der Waals surface area contributed by atoms with Crippen molar-refractivity contribution in [1.29, 1.82) is 0 Å². The Labute approximate surface area is 111 Å². The van der Waals surface area contributed by atoms with Crippen LogP contribution in [0.5, 0.6) is 0 Å². The second-order valence-corrected chi connectivity index (χ2v) is 5.26. The highest BCUT2D eigenvalue weighted by atomic mass is 16.5. The Hall–Kier alpha value is -0.610. The first-order chi connectivity index (χ1) is 8.65. The van der Waals surface area contributed by atoms with Gasteiger partial charge in [0.2, 0.25) is 5.91 Å². The first-order valence-electron chi connectivity index (χ1n) is 7.34. The first kappa shape index (κ1) is 15.4. The summed E-state index contributed by atoms with van der Waals surface area (Å²) in [6.07, 6.45) is 7.35. The lowest BCUT2D eigenvalue weighted by molar-refractivity contribution is -0.137. The zero-order chi connectivity index (χ0) is 13.4. The average Bonchev–Trinajstić information content (AvgIpc) is 2.37. The Morgan fingerprint density at radius 1 is 1.39 bits per heavy atom. The van der Waals surface area contributed by atoms with Crippen LogP contribution < -0.4 is 11.1 Å². The smallest absolute Gasteiger partial charge is 0.248 e. The molecule has 3 unspecified atom stereocenters. The zero-order valence-electron chi connectivity index (χ0n) is 11.8. The number of carbonyl (C=O) groups is 1. The van der Waals surface area contributed by atoms with Crippen LogP contribution in [0, 0.1) is 0 Å². The lowest BCUT2D eigenvalue weighted by Gasteiger charge is -2.30. The van der Waals surface area contributed by atoms with Gasteiger partial charge >= 0.3 is 0 Å². The summed E-state index contributed by atoms with van der Waals surface area (Å²) in [5.41, 5.74) is 6.01. The maximum Gasteiger partial charge on any atom is 0.248 e. The Bertz CT molecular complexity index is 246. The van der Waals surface area contributed by atoms with Gasteiger partial charge in [0.15, 0.2) is 0 Å². The van der Waals surface area contributed by atoms with Crippen LogP contribution >= 0.6 is 0 Å². The van der Waals surface area contributed by atoms with Gasteiger partial charge in [-0.25, -0.2) is 0 Å². The topological polar surface area (TPSA) is 64.3 Å². The van der Waals surface area contributed by atoms with Crippen LogP contribution in [0.25, 0.3) is 0 Å². The van der Waals surface area contributed by atoms with Gasteiger partial charge in [-0.1, -0.05) is 32.6 Å². The average molecular weight is 256 g/mol. The number of carbonyl (C=O) groups excluding carboxylic acids is 1. The summed E-state index contributed by atoms with van der Waals surface area (Å²) in [7, 11) is 0. The maximum atomic E-state index is 11.8. The molecular formula is C14H28N2O2. The van der Waals surface area contributed by atoms with E-state index in [0.717, 1.165) is 38.6 Å². The molecule has 1 aliphatic rings. The number of rotatable bonds is 7. The molecule has 1 aliphatic carbocycles. The molecule has 0 aromatic heterocycles. The van der Waals surface area contributed by atoms with Gasteiger partial charge in [-0.3, -0.25) is 4.79 Å². The first-order valence-corrected chi connectivity index (χ1v) is 7.34. The molecular weight excluding hydrogens is 228 g/mol. The van der Waals surface area contributed by atoms with E-state index in [9.17, 15) is 4.79 Å². The third-order valence-electron chi connectivity index (χ3n) is 3.58. The summed E-state index contributed by atoms with van der Waals surface area (Å²) in [5, 5.41) is 2.92. The summed E-state index contributed by atoms with van der Waals surface area (Å²) in [6.45, 7) is 4.71. The molecule has 4 heteroatoms. The van der Waals surface area contributed by atoms with Gasteiger partial charge < -0.3 is 15.8 Å². The van der Waals surface area contributed by atoms with E-state index < -0.39 is 0 Å². The van der Waals surface area contributed by atoms with E-state index >= 15 is 0 Å². The Morgan fingerprint density at radius 3 is 2.78 bits per heavy atom. The molecule has 18 heavy (non-hydrogen) atoms. The van der Waals surface area contributed by atoms with E-state index in [0.29, 0.717) is 0 Å². The number of hydrogen-bond donors (Lipinski definition) is 2. The van der Waals surface area contributed by atoms with Crippen molar-refractivity contribution in [2.75, 3.05) is 6.54 Å². The fourth-order valence-corrected chi connectivity index (χ4v) is 2.35. The summed E-state index contributed by atoms with van der Waals surface area (Å²) in [4.78, 5) is 11.8. The predicted octanol–water partition coefficient (Wildman–Crippen LogP) is 1.97. The number of unbranched alkanes of at least 4 members (excludes halogenated alkanes) is 2. The zero-order valence-corrected chi connectivity index (χ0v) is 11.8. The molecule has 1 rings (SSSR count). The molecule has 4 nitrogen and oxygen atoms in total. The van der Waals surface area contributed by atoms with Crippen LogP contribution in [0.15, 0.2) is 0 Å². The van der Waals surface area contributed by atoms with Crippen molar-refractivity contribution in [2.45, 2.75) is 77.0 Å².